The van der Waals surface area contributed by atoms with Gasteiger partial charge in [0.1, 0.15) is 5.82 Å². The molecule has 2 aromatic carbocycles. The van der Waals surface area contributed by atoms with Crippen LogP contribution in [0.3, 0.4) is 0 Å². The van der Waals surface area contributed by atoms with E-state index in [9.17, 15) is 10.1 Å². The lowest BCUT2D eigenvalue weighted by atomic mass is 10.2. The molecule has 6 nitrogen and oxygen atoms in total. The van der Waals surface area contributed by atoms with E-state index in [4.69, 9.17) is 4.74 Å². The predicted molar refractivity (Wildman–Crippen MR) is 107 cm³/mol. The van der Waals surface area contributed by atoms with Crippen LogP contribution in [0.25, 0.3) is 11.0 Å². The number of benzene rings is 2. The summed E-state index contributed by atoms with van der Waals surface area (Å²) < 4.78 is 4.99. The van der Waals surface area contributed by atoms with E-state index >= 15 is 0 Å². The third kappa shape index (κ3) is 4.74. The molecule has 1 aromatic heterocycles. The largest absolute Gasteiger partial charge is 0.465 e. The second kappa shape index (κ2) is 9.01. The van der Waals surface area contributed by atoms with Gasteiger partial charge < -0.3 is 9.72 Å². The predicted octanol–water partition coefficient (Wildman–Crippen LogP) is 4.20. The van der Waals surface area contributed by atoms with Gasteiger partial charge in [-0.1, -0.05) is 42.1 Å². The molecule has 0 saturated carbocycles. The van der Waals surface area contributed by atoms with Crippen molar-refractivity contribution < 1.29 is 9.53 Å². The highest BCUT2D eigenvalue weighted by Gasteiger charge is 2.23. The fraction of sp³-hybridized carbons (Fsp3) is 0.200. The maximum Gasteiger partial charge on any atom is 0.316 e. The van der Waals surface area contributed by atoms with Crippen LogP contribution in [-0.2, 0) is 9.53 Å². The number of H-pyrrole nitrogens is 1. The smallest absolute Gasteiger partial charge is 0.316 e. The lowest BCUT2D eigenvalue weighted by Gasteiger charge is -2.10. The van der Waals surface area contributed by atoms with E-state index in [2.05, 4.69) is 21.0 Å². The monoisotopic (exact) mass is 378 g/mol. The number of nitrogens with one attached hydrogen (secondary N) is 1. The number of imidazole rings is 1. The van der Waals surface area contributed by atoms with Crippen molar-refractivity contribution in [2.75, 3.05) is 12.4 Å². The molecule has 1 atom stereocenters. The number of aromatic amines is 1. The molecule has 136 valence electrons. The van der Waals surface area contributed by atoms with E-state index in [-0.39, 0.29) is 11.7 Å². The second-order valence-electron chi connectivity index (χ2n) is 5.58. The topological polar surface area (TPSA) is 91.1 Å². The highest BCUT2D eigenvalue weighted by molar-refractivity contribution is 8.14. The number of aliphatic imine (C=N–C) groups is 1. The van der Waals surface area contributed by atoms with Gasteiger partial charge in [-0.2, -0.15) is 5.26 Å². The van der Waals surface area contributed by atoms with Crippen molar-refractivity contribution in [3.8, 4) is 6.07 Å². The van der Waals surface area contributed by atoms with E-state index in [1.54, 1.807) is 6.92 Å². The molecule has 0 fully saturated rings. The maximum atomic E-state index is 11.8. The number of para-hydroxylation sites is 3. The van der Waals surface area contributed by atoms with Crippen molar-refractivity contribution in [1.82, 2.24) is 9.97 Å². The quantitative estimate of drug-likeness (QED) is 0.394. The standard InChI is InChI=1S/C20H18N4O2S/c1-2-26-18(25)13-27-20(22-14-8-4-3-5-9-14)15(12-21)19-23-16-10-6-7-11-17(16)24-19/h3-11,15H,2,13H2,1H3,(H,23,24)/t15-/m0/s1. The zero-order chi connectivity index (χ0) is 19.1. The number of thioether (sulfide) groups is 1. The molecular weight excluding hydrogens is 360 g/mol. The highest BCUT2D eigenvalue weighted by atomic mass is 32.2. The Bertz CT molecular complexity index is 959. The molecule has 0 aliphatic rings. The molecule has 3 rings (SSSR count). The first-order chi connectivity index (χ1) is 13.2. The van der Waals surface area contributed by atoms with Crippen LogP contribution in [0.4, 0.5) is 5.69 Å². The van der Waals surface area contributed by atoms with Crippen LogP contribution >= 0.6 is 11.8 Å². The first kappa shape index (κ1) is 18.7. The van der Waals surface area contributed by atoms with E-state index in [1.165, 1.54) is 11.8 Å². The summed E-state index contributed by atoms with van der Waals surface area (Å²) in [5.74, 6) is -0.468. The van der Waals surface area contributed by atoms with Crippen molar-refractivity contribution >= 4 is 39.5 Å². The maximum absolute atomic E-state index is 11.8. The van der Waals surface area contributed by atoms with Crippen LogP contribution in [0, 0.1) is 11.3 Å². The van der Waals surface area contributed by atoms with Crippen LogP contribution in [0.2, 0.25) is 0 Å². The molecule has 0 bridgehead atoms. The van der Waals surface area contributed by atoms with Gasteiger partial charge in [-0.15, -0.1) is 0 Å². The van der Waals surface area contributed by atoms with E-state index in [0.29, 0.717) is 23.2 Å². The summed E-state index contributed by atoms with van der Waals surface area (Å²) in [6.45, 7) is 2.07. The molecule has 1 heterocycles. The van der Waals surface area contributed by atoms with E-state index < -0.39 is 5.92 Å². The van der Waals surface area contributed by atoms with Gasteiger partial charge >= 0.3 is 5.97 Å². The first-order valence-corrected chi connectivity index (χ1v) is 9.46. The number of rotatable bonds is 6. The Labute approximate surface area is 161 Å². The number of nitrogens with zero attached hydrogens (tertiary/aromatic N) is 3. The normalized spacial score (nSPS) is 12.5. The molecule has 0 aliphatic heterocycles. The summed E-state index contributed by atoms with van der Waals surface area (Å²) in [6, 6.07) is 19.2. The first-order valence-electron chi connectivity index (χ1n) is 8.47. The third-order valence-corrected chi connectivity index (χ3v) is 4.70. The van der Waals surface area contributed by atoms with Crippen molar-refractivity contribution in [3.63, 3.8) is 0 Å². The fourth-order valence-electron chi connectivity index (χ4n) is 2.49. The summed E-state index contributed by atoms with van der Waals surface area (Å²) >= 11 is 1.19. The van der Waals surface area contributed by atoms with E-state index in [1.807, 2.05) is 54.6 Å². The average Bonchev–Trinajstić information content (AvgIpc) is 3.11. The van der Waals surface area contributed by atoms with Crippen LogP contribution in [-0.4, -0.2) is 33.3 Å². The SMILES string of the molecule is CCOC(=O)CSC(=Nc1ccccc1)[C@@H](C#N)c1nc2ccccc2[nH]1. The second-order valence-corrected chi connectivity index (χ2v) is 6.58. The van der Waals surface area contributed by atoms with Crippen molar-refractivity contribution in [2.24, 2.45) is 4.99 Å². The van der Waals surface area contributed by atoms with Gasteiger partial charge in [0.05, 0.1) is 40.2 Å². The minimum absolute atomic E-state index is 0.0813. The minimum Gasteiger partial charge on any atom is -0.465 e. The summed E-state index contributed by atoms with van der Waals surface area (Å²) in [7, 11) is 0. The zero-order valence-corrected chi connectivity index (χ0v) is 15.6. The average molecular weight is 378 g/mol. The fourth-order valence-corrected chi connectivity index (χ4v) is 3.34. The number of nitriles is 1. The Balaban J connectivity index is 1.94. The number of carbonyl (C=O) groups is 1. The molecule has 3 aromatic rings. The Hall–Kier alpha value is -3.11. The minimum atomic E-state index is -0.711. The molecular formula is C20H18N4O2S. The molecule has 0 radical (unpaired) electrons. The third-order valence-electron chi connectivity index (χ3n) is 3.70. The highest BCUT2D eigenvalue weighted by Crippen LogP contribution is 2.27. The van der Waals surface area contributed by atoms with Gasteiger partial charge in [0.2, 0.25) is 0 Å². The molecule has 0 unspecified atom stereocenters. The number of ether oxygens (including phenoxy) is 1. The van der Waals surface area contributed by atoms with Crippen molar-refractivity contribution in [3.05, 3.63) is 60.4 Å². The van der Waals surface area contributed by atoms with Gasteiger partial charge in [0.15, 0.2) is 5.92 Å². The molecule has 1 N–H and O–H groups in total. The number of hydrogen-bond donors (Lipinski definition) is 1. The number of fused-ring (bicyclic) bond motifs is 1. The van der Waals surface area contributed by atoms with Crippen molar-refractivity contribution in [1.29, 1.82) is 5.26 Å². The van der Waals surface area contributed by atoms with Gasteiger partial charge in [0.25, 0.3) is 0 Å². The van der Waals surface area contributed by atoms with Gasteiger partial charge in [-0.05, 0) is 31.2 Å². The Morgan fingerprint density at radius 2 is 2.00 bits per heavy atom. The van der Waals surface area contributed by atoms with Crippen LogP contribution in [0.1, 0.15) is 18.7 Å². The van der Waals surface area contributed by atoms with E-state index in [0.717, 1.165) is 11.0 Å². The summed E-state index contributed by atoms with van der Waals surface area (Å²) in [5.41, 5.74) is 2.34. The summed E-state index contributed by atoms with van der Waals surface area (Å²) in [5, 5.41) is 10.3. The Morgan fingerprint density at radius 1 is 1.26 bits per heavy atom. The molecule has 0 aliphatic carbocycles. The van der Waals surface area contributed by atoms with Crippen LogP contribution < -0.4 is 0 Å². The zero-order valence-electron chi connectivity index (χ0n) is 14.8. The summed E-state index contributed by atoms with van der Waals surface area (Å²) in [4.78, 5) is 24.1. The molecule has 0 spiro atoms. The lowest BCUT2D eigenvalue weighted by Crippen LogP contribution is -2.14. The van der Waals surface area contributed by atoms with Crippen LogP contribution in [0.5, 0.6) is 0 Å². The van der Waals surface area contributed by atoms with Gasteiger partial charge in [-0.3, -0.25) is 4.79 Å². The molecule has 7 heteroatoms. The van der Waals surface area contributed by atoms with Crippen LogP contribution in [0.15, 0.2) is 59.6 Å². The number of aromatic nitrogens is 2. The van der Waals surface area contributed by atoms with Gasteiger partial charge in [-0.25, -0.2) is 9.98 Å². The Morgan fingerprint density at radius 3 is 2.70 bits per heavy atom. The number of esters is 1. The number of carbonyl (C=O) groups excluding carboxylic acids is 1. The summed E-state index contributed by atoms with van der Waals surface area (Å²) in [6.07, 6.45) is 0. The molecule has 0 amide bonds. The van der Waals surface area contributed by atoms with Crippen molar-refractivity contribution in [2.45, 2.75) is 12.8 Å². The molecule has 0 saturated heterocycles. The Kier molecular flexibility index (Phi) is 6.23. The number of hydrogen-bond acceptors (Lipinski definition) is 6. The lowest BCUT2D eigenvalue weighted by molar-refractivity contribution is -0.139. The van der Waals surface area contributed by atoms with Gasteiger partial charge in [0, 0.05) is 0 Å². The molecule has 27 heavy (non-hydrogen) atoms.